The van der Waals surface area contributed by atoms with Crippen LogP contribution in [0.5, 0.6) is 0 Å². The molecule has 0 atom stereocenters. The summed E-state index contributed by atoms with van der Waals surface area (Å²) < 4.78 is 1.12. The molecule has 0 saturated heterocycles. The van der Waals surface area contributed by atoms with E-state index in [-0.39, 0.29) is 12.5 Å². The van der Waals surface area contributed by atoms with E-state index in [0.717, 1.165) is 4.57 Å². The highest BCUT2D eigenvalue weighted by molar-refractivity contribution is 5.66. The van der Waals surface area contributed by atoms with Gasteiger partial charge in [-0.05, 0) is 0 Å². The molecule has 2 N–H and O–H groups in total. The monoisotopic (exact) mass is 185 g/mol. The van der Waals surface area contributed by atoms with Crippen LogP contribution in [0.3, 0.4) is 0 Å². The summed E-state index contributed by atoms with van der Waals surface area (Å²) in [5.41, 5.74) is -0.480. The molecular formula is C7H11N3O3. The van der Waals surface area contributed by atoms with Crippen molar-refractivity contribution >= 4 is 5.97 Å². The van der Waals surface area contributed by atoms with Crippen LogP contribution in [0.2, 0.25) is 0 Å². The van der Waals surface area contributed by atoms with Crippen LogP contribution in [0, 0.1) is 0 Å². The quantitative estimate of drug-likeness (QED) is 0.681. The maximum atomic E-state index is 11.1. The zero-order chi connectivity index (χ0) is 10.0. The number of nitrogens with zero attached hydrogens (tertiary/aromatic N) is 2. The fourth-order valence-corrected chi connectivity index (χ4v) is 1.06. The molecule has 1 aromatic heterocycles. The fraction of sp³-hybridized carbons (Fsp3) is 0.571. The van der Waals surface area contributed by atoms with Crippen molar-refractivity contribution in [3.8, 4) is 0 Å². The van der Waals surface area contributed by atoms with Gasteiger partial charge in [0.05, 0.1) is 0 Å². The van der Waals surface area contributed by atoms with Crippen LogP contribution in [-0.4, -0.2) is 25.8 Å². The average Bonchev–Trinajstić information content (AvgIpc) is 2.32. The van der Waals surface area contributed by atoms with Crippen LogP contribution in [0.15, 0.2) is 4.79 Å². The Labute approximate surface area is 74.2 Å². The average molecular weight is 185 g/mol. The summed E-state index contributed by atoms with van der Waals surface area (Å²) in [5, 5.41) is 14.5. The van der Waals surface area contributed by atoms with Crippen molar-refractivity contribution in [1.82, 2.24) is 14.8 Å². The van der Waals surface area contributed by atoms with Gasteiger partial charge in [0.15, 0.2) is 0 Å². The molecule has 0 aliphatic heterocycles. The van der Waals surface area contributed by atoms with Crippen molar-refractivity contribution in [1.29, 1.82) is 0 Å². The number of H-pyrrole nitrogens is 1. The van der Waals surface area contributed by atoms with Gasteiger partial charge in [-0.1, -0.05) is 13.8 Å². The van der Waals surface area contributed by atoms with E-state index in [1.165, 1.54) is 0 Å². The molecule has 6 nitrogen and oxygen atoms in total. The lowest BCUT2D eigenvalue weighted by atomic mass is 10.2. The summed E-state index contributed by atoms with van der Waals surface area (Å²) >= 11 is 0. The summed E-state index contributed by atoms with van der Waals surface area (Å²) in [5.74, 6) is -0.559. The molecule has 1 rings (SSSR count). The van der Waals surface area contributed by atoms with Gasteiger partial charge in [-0.2, -0.15) is 5.10 Å². The van der Waals surface area contributed by atoms with Crippen molar-refractivity contribution in [3.05, 3.63) is 16.3 Å². The number of hydrogen-bond acceptors (Lipinski definition) is 3. The molecule has 0 spiro atoms. The van der Waals surface area contributed by atoms with Crippen molar-refractivity contribution in [2.75, 3.05) is 0 Å². The zero-order valence-electron chi connectivity index (χ0n) is 7.44. The van der Waals surface area contributed by atoms with Crippen molar-refractivity contribution < 1.29 is 9.90 Å². The molecule has 0 saturated carbocycles. The molecule has 0 radical (unpaired) electrons. The molecule has 72 valence electrons. The van der Waals surface area contributed by atoms with Crippen molar-refractivity contribution in [2.45, 2.75) is 26.3 Å². The Bertz CT molecular complexity index is 363. The minimum Gasteiger partial charge on any atom is -0.480 e. The molecular weight excluding hydrogens is 174 g/mol. The van der Waals surface area contributed by atoms with E-state index < -0.39 is 11.7 Å². The molecule has 0 amide bonds. The van der Waals surface area contributed by atoms with Gasteiger partial charge in [0.1, 0.15) is 12.4 Å². The van der Waals surface area contributed by atoms with Gasteiger partial charge in [0.25, 0.3) is 0 Å². The normalized spacial score (nSPS) is 10.7. The molecule has 0 fully saturated rings. The third-order valence-electron chi connectivity index (χ3n) is 1.60. The lowest BCUT2D eigenvalue weighted by molar-refractivity contribution is -0.137. The molecule has 0 unspecified atom stereocenters. The number of aliphatic carboxylic acids is 1. The van der Waals surface area contributed by atoms with E-state index in [4.69, 9.17) is 5.11 Å². The molecule has 0 bridgehead atoms. The molecule has 13 heavy (non-hydrogen) atoms. The molecule has 0 aromatic carbocycles. The minimum absolute atomic E-state index is 0.0262. The van der Waals surface area contributed by atoms with Gasteiger partial charge in [-0.25, -0.2) is 9.89 Å². The predicted octanol–water partition coefficient (Wildman–Crippen LogP) is -0.221. The second kappa shape index (κ2) is 3.42. The predicted molar refractivity (Wildman–Crippen MR) is 44.6 cm³/mol. The number of carbonyl (C=O) groups is 1. The largest absolute Gasteiger partial charge is 0.480 e. The highest BCUT2D eigenvalue weighted by Crippen LogP contribution is 2.07. The van der Waals surface area contributed by atoms with Crippen molar-refractivity contribution in [2.24, 2.45) is 0 Å². The number of carboxylic acid groups (broad SMARTS) is 1. The first-order chi connectivity index (χ1) is 6.02. The summed E-state index contributed by atoms with van der Waals surface area (Å²) in [4.78, 5) is 21.5. The Hall–Kier alpha value is -1.59. The third-order valence-corrected chi connectivity index (χ3v) is 1.60. The third kappa shape index (κ3) is 1.95. The van der Waals surface area contributed by atoms with Crippen LogP contribution in [-0.2, 0) is 11.3 Å². The zero-order valence-corrected chi connectivity index (χ0v) is 7.44. The van der Waals surface area contributed by atoms with Crippen molar-refractivity contribution in [3.63, 3.8) is 0 Å². The Balaban J connectivity index is 3.09. The van der Waals surface area contributed by atoms with E-state index in [1.807, 2.05) is 13.8 Å². The Morgan fingerprint density at radius 1 is 1.69 bits per heavy atom. The first-order valence-corrected chi connectivity index (χ1v) is 3.89. The van der Waals surface area contributed by atoms with Crippen LogP contribution >= 0.6 is 0 Å². The lowest BCUT2D eigenvalue weighted by Gasteiger charge is -2.04. The highest BCUT2D eigenvalue weighted by Gasteiger charge is 2.13. The number of aromatic amines is 1. The van der Waals surface area contributed by atoms with Gasteiger partial charge in [0.2, 0.25) is 0 Å². The maximum absolute atomic E-state index is 11.1. The standard InChI is InChI=1S/C7H11N3O3/c1-4(2)6-8-9-7(13)10(6)3-5(11)12/h4H,3H2,1-2H3,(H,9,13)(H,11,12). The molecule has 0 aliphatic carbocycles. The second-order valence-corrected chi connectivity index (χ2v) is 3.02. The molecule has 1 heterocycles. The van der Waals surface area contributed by atoms with Crippen LogP contribution in [0.25, 0.3) is 0 Å². The number of aromatic nitrogens is 3. The summed E-state index contributed by atoms with van der Waals surface area (Å²) in [6.45, 7) is 3.34. The van der Waals surface area contributed by atoms with Crippen LogP contribution < -0.4 is 5.69 Å². The minimum atomic E-state index is -1.05. The smallest absolute Gasteiger partial charge is 0.343 e. The summed E-state index contributed by atoms with van der Waals surface area (Å²) in [7, 11) is 0. The first-order valence-electron chi connectivity index (χ1n) is 3.89. The lowest BCUT2D eigenvalue weighted by Crippen LogP contribution is -2.23. The number of nitrogens with one attached hydrogen (secondary N) is 1. The van der Waals surface area contributed by atoms with Gasteiger partial charge < -0.3 is 5.11 Å². The van der Waals surface area contributed by atoms with E-state index in [2.05, 4.69) is 10.2 Å². The maximum Gasteiger partial charge on any atom is 0.343 e. The molecule has 1 aromatic rings. The van der Waals surface area contributed by atoms with E-state index >= 15 is 0 Å². The highest BCUT2D eigenvalue weighted by atomic mass is 16.4. The summed E-state index contributed by atoms with van der Waals surface area (Å²) in [6.07, 6.45) is 0. The van der Waals surface area contributed by atoms with Gasteiger partial charge in [0, 0.05) is 5.92 Å². The molecule has 6 heteroatoms. The molecule has 0 aliphatic rings. The SMILES string of the molecule is CC(C)c1n[nH]c(=O)n1CC(=O)O. The van der Waals surface area contributed by atoms with Crippen LogP contribution in [0.4, 0.5) is 0 Å². The first kappa shape index (κ1) is 9.50. The van der Waals surface area contributed by atoms with E-state index in [0.29, 0.717) is 5.82 Å². The second-order valence-electron chi connectivity index (χ2n) is 3.02. The van der Waals surface area contributed by atoms with E-state index in [1.54, 1.807) is 0 Å². The summed E-state index contributed by atoms with van der Waals surface area (Å²) in [6, 6.07) is 0. The van der Waals surface area contributed by atoms with Crippen LogP contribution in [0.1, 0.15) is 25.6 Å². The van der Waals surface area contributed by atoms with Gasteiger partial charge >= 0.3 is 11.7 Å². The number of hydrogen-bond donors (Lipinski definition) is 2. The Kier molecular flexibility index (Phi) is 2.50. The number of rotatable bonds is 3. The van der Waals surface area contributed by atoms with Gasteiger partial charge in [-0.15, -0.1) is 0 Å². The van der Waals surface area contributed by atoms with Gasteiger partial charge in [-0.3, -0.25) is 9.36 Å². The van der Waals surface area contributed by atoms with E-state index in [9.17, 15) is 9.59 Å². The Morgan fingerprint density at radius 3 is 2.77 bits per heavy atom. The number of carboxylic acids is 1. The Morgan fingerprint density at radius 2 is 2.31 bits per heavy atom. The fourth-order valence-electron chi connectivity index (χ4n) is 1.06. The topological polar surface area (TPSA) is 88.0 Å².